The second-order valence-electron chi connectivity index (χ2n) is 5.76. The summed E-state index contributed by atoms with van der Waals surface area (Å²) < 4.78 is 50.4. The van der Waals surface area contributed by atoms with Gasteiger partial charge in [0.05, 0.1) is 22.5 Å². The van der Waals surface area contributed by atoms with Gasteiger partial charge >= 0.3 is 0 Å². The van der Waals surface area contributed by atoms with E-state index in [1.807, 2.05) is 0 Å². The Kier molecular flexibility index (Phi) is 4.18. The summed E-state index contributed by atoms with van der Waals surface area (Å²) >= 11 is 0. The lowest BCUT2D eigenvalue weighted by Gasteiger charge is -2.23. The van der Waals surface area contributed by atoms with Crippen LogP contribution in [0.15, 0.2) is 29.2 Å². The summed E-state index contributed by atoms with van der Waals surface area (Å²) in [5.74, 6) is -0.213. The minimum atomic E-state index is -3.83. The van der Waals surface area contributed by atoms with Gasteiger partial charge in [0.15, 0.2) is 9.84 Å². The summed E-state index contributed by atoms with van der Waals surface area (Å²) in [4.78, 5) is 0.0198. The van der Waals surface area contributed by atoms with Crippen LogP contribution in [0.3, 0.4) is 0 Å². The van der Waals surface area contributed by atoms with Crippen LogP contribution in [-0.2, 0) is 19.9 Å². The normalized spacial score (nSPS) is 26.6. The number of nitrogens with one attached hydrogen (secondary N) is 1. The van der Waals surface area contributed by atoms with Gasteiger partial charge in [-0.2, -0.15) is 0 Å². The molecule has 1 aliphatic heterocycles. The minimum absolute atomic E-state index is 0.0142. The lowest BCUT2D eigenvalue weighted by molar-refractivity contribution is 0.199. The standard InChI is InChI=1S/C13H19NO5S2/c1-10(15)11-4-3-5-12(8-11)21(18,19)14-13(2)6-7-20(16,17)9-13/h3-5,8,10,14-15H,6-7,9H2,1-2H3. The van der Waals surface area contributed by atoms with Crippen LogP contribution in [0.25, 0.3) is 0 Å². The molecule has 0 amide bonds. The molecule has 1 fully saturated rings. The van der Waals surface area contributed by atoms with Gasteiger partial charge in [-0.3, -0.25) is 0 Å². The number of benzene rings is 1. The first kappa shape index (κ1) is 16.4. The van der Waals surface area contributed by atoms with Crippen LogP contribution in [0, 0.1) is 0 Å². The lowest BCUT2D eigenvalue weighted by atomic mass is 10.0. The van der Waals surface area contributed by atoms with Gasteiger partial charge in [-0.05, 0) is 38.0 Å². The number of hydrogen-bond donors (Lipinski definition) is 2. The van der Waals surface area contributed by atoms with Crippen molar-refractivity contribution in [2.75, 3.05) is 11.5 Å². The van der Waals surface area contributed by atoms with E-state index in [0.29, 0.717) is 5.56 Å². The highest BCUT2D eigenvalue weighted by Crippen LogP contribution is 2.26. The molecule has 8 heteroatoms. The molecule has 1 saturated heterocycles. The van der Waals surface area contributed by atoms with E-state index in [1.54, 1.807) is 26.0 Å². The van der Waals surface area contributed by atoms with Crippen molar-refractivity contribution in [2.45, 2.75) is 36.8 Å². The second kappa shape index (κ2) is 5.35. The average molecular weight is 333 g/mol. The highest BCUT2D eigenvalue weighted by molar-refractivity contribution is 7.92. The molecule has 1 aromatic carbocycles. The van der Waals surface area contributed by atoms with Crippen LogP contribution in [0.1, 0.15) is 31.9 Å². The number of rotatable bonds is 4. The molecule has 0 radical (unpaired) electrons. The second-order valence-corrected chi connectivity index (χ2v) is 9.62. The molecule has 0 aromatic heterocycles. The molecule has 2 atom stereocenters. The molecule has 2 unspecified atom stereocenters. The van der Waals surface area contributed by atoms with Crippen molar-refractivity contribution in [2.24, 2.45) is 0 Å². The molecule has 21 heavy (non-hydrogen) atoms. The molecule has 118 valence electrons. The maximum absolute atomic E-state index is 12.4. The molecule has 0 aliphatic carbocycles. The van der Waals surface area contributed by atoms with E-state index in [2.05, 4.69) is 4.72 Å². The van der Waals surface area contributed by atoms with E-state index in [0.717, 1.165) is 0 Å². The fourth-order valence-corrected chi connectivity index (χ4v) is 6.09. The topological polar surface area (TPSA) is 101 Å². The van der Waals surface area contributed by atoms with Gasteiger partial charge < -0.3 is 5.11 Å². The van der Waals surface area contributed by atoms with E-state index in [-0.39, 0.29) is 22.8 Å². The van der Waals surface area contributed by atoms with Gasteiger partial charge in [0.25, 0.3) is 0 Å². The van der Waals surface area contributed by atoms with E-state index >= 15 is 0 Å². The van der Waals surface area contributed by atoms with E-state index in [9.17, 15) is 21.9 Å². The zero-order valence-electron chi connectivity index (χ0n) is 11.9. The van der Waals surface area contributed by atoms with Crippen LogP contribution in [0.4, 0.5) is 0 Å². The quantitative estimate of drug-likeness (QED) is 0.840. The lowest BCUT2D eigenvalue weighted by Crippen LogP contribution is -2.46. The Labute approximate surface area is 125 Å². The smallest absolute Gasteiger partial charge is 0.241 e. The SMILES string of the molecule is CC(O)c1cccc(S(=O)(=O)NC2(C)CCS(=O)(=O)C2)c1. The first-order valence-electron chi connectivity index (χ1n) is 6.55. The first-order valence-corrected chi connectivity index (χ1v) is 9.86. The molecule has 2 rings (SSSR count). The molecule has 1 heterocycles. The Morgan fingerprint density at radius 2 is 2.05 bits per heavy atom. The van der Waals surface area contributed by atoms with Crippen LogP contribution >= 0.6 is 0 Å². The first-order chi connectivity index (χ1) is 9.53. The van der Waals surface area contributed by atoms with Crippen molar-refractivity contribution >= 4 is 19.9 Å². The fraction of sp³-hybridized carbons (Fsp3) is 0.538. The molecule has 1 aromatic rings. The summed E-state index contributed by atoms with van der Waals surface area (Å²) in [5, 5.41) is 9.52. The van der Waals surface area contributed by atoms with Gasteiger partial charge in [-0.25, -0.2) is 21.6 Å². The molecule has 0 bridgehead atoms. The zero-order chi connectivity index (χ0) is 15.9. The number of aliphatic hydroxyl groups excluding tert-OH is 1. The summed E-state index contributed by atoms with van der Waals surface area (Å²) in [6.07, 6.45) is -0.521. The third-order valence-corrected chi connectivity index (χ3v) is 7.07. The van der Waals surface area contributed by atoms with Crippen LogP contribution in [0.5, 0.6) is 0 Å². The Morgan fingerprint density at radius 1 is 1.38 bits per heavy atom. The highest BCUT2D eigenvalue weighted by atomic mass is 32.2. The molecule has 6 nitrogen and oxygen atoms in total. The Morgan fingerprint density at radius 3 is 2.57 bits per heavy atom. The monoisotopic (exact) mass is 333 g/mol. The van der Waals surface area contributed by atoms with Crippen molar-refractivity contribution in [1.82, 2.24) is 4.72 Å². The number of sulfonamides is 1. The predicted octanol–water partition coefficient (Wildman–Crippen LogP) is 0.595. The Hall–Kier alpha value is -0.960. The van der Waals surface area contributed by atoms with Crippen molar-refractivity contribution in [3.63, 3.8) is 0 Å². The third kappa shape index (κ3) is 3.82. The van der Waals surface area contributed by atoms with Gasteiger partial charge in [0, 0.05) is 5.54 Å². The fourth-order valence-electron chi connectivity index (χ4n) is 2.42. The summed E-state index contributed by atoms with van der Waals surface area (Å²) in [5.41, 5.74) is -0.500. The molecular weight excluding hydrogens is 314 g/mol. The summed E-state index contributed by atoms with van der Waals surface area (Å²) in [7, 11) is -7.03. The molecule has 0 spiro atoms. The van der Waals surface area contributed by atoms with Gasteiger partial charge in [0.1, 0.15) is 0 Å². The van der Waals surface area contributed by atoms with Crippen molar-refractivity contribution < 1.29 is 21.9 Å². The average Bonchev–Trinajstić information content (AvgIpc) is 2.62. The minimum Gasteiger partial charge on any atom is -0.389 e. The molecule has 1 aliphatic rings. The Bertz CT molecular complexity index is 740. The van der Waals surface area contributed by atoms with Crippen LogP contribution < -0.4 is 4.72 Å². The van der Waals surface area contributed by atoms with Gasteiger partial charge in [-0.1, -0.05) is 12.1 Å². The number of hydrogen-bond acceptors (Lipinski definition) is 5. The van der Waals surface area contributed by atoms with Crippen LogP contribution in [0.2, 0.25) is 0 Å². The zero-order valence-corrected chi connectivity index (χ0v) is 13.5. The van der Waals surface area contributed by atoms with Crippen LogP contribution in [-0.4, -0.2) is 39.0 Å². The maximum atomic E-state index is 12.4. The van der Waals surface area contributed by atoms with Gasteiger partial charge in [0.2, 0.25) is 10.0 Å². The van der Waals surface area contributed by atoms with Crippen molar-refractivity contribution in [3.05, 3.63) is 29.8 Å². The maximum Gasteiger partial charge on any atom is 0.241 e. The number of aliphatic hydroxyl groups is 1. The van der Waals surface area contributed by atoms with Crippen molar-refractivity contribution in [3.8, 4) is 0 Å². The Balaban J connectivity index is 2.29. The van der Waals surface area contributed by atoms with Gasteiger partial charge in [-0.15, -0.1) is 0 Å². The summed E-state index contributed by atoms with van der Waals surface area (Å²) in [6, 6.07) is 5.98. The number of sulfone groups is 1. The van der Waals surface area contributed by atoms with Crippen molar-refractivity contribution in [1.29, 1.82) is 0 Å². The van der Waals surface area contributed by atoms with E-state index < -0.39 is 31.5 Å². The van der Waals surface area contributed by atoms with E-state index in [4.69, 9.17) is 0 Å². The third-order valence-electron chi connectivity index (χ3n) is 3.53. The van der Waals surface area contributed by atoms with E-state index in [1.165, 1.54) is 12.1 Å². The largest absolute Gasteiger partial charge is 0.389 e. The molecule has 0 saturated carbocycles. The molecular formula is C13H19NO5S2. The molecule has 2 N–H and O–H groups in total. The predicted molar refractivity (Wildman–Crippen MR) is 79.1 cm³/mol. The highest BCUT2D eigenvalue weighted by Gasteiger charge is 2.41. The summed E-state index contributed by atoms with van der Waals surface area (Å²) in [6.45, 7) is 3.14.